The molecule has 0 atom stereocenters. The second kappa shape index (κ2) is 7.90. The van der Waals surface area contributed by atoms with Crippen LogP contribution in [0.4, 0.5) is 18.9 Å². The monoisotopic (exact) mass is 473 g/mol. The normalized spacial score (nSPS) is 13.6. The van der Waals surface area contributed by atoms with Gasteiger partial charge in [-0.15, -0.1) is 11.3 Å². The number of rotatable bonds is 4. The van der Waals surface area contributed by atoms with Crippen LogP contribution in [0.3, 0.4) is 0 Å². The zero-order valence-electron chi connectivity index (χ0n) is 15.6. The van der Waals surface area contributed by atoms with E-state index in [0.29, 0.717) is 15.4 Å². The van der Waals surface area contributed by atoms with Crippen molar-refractivity contribution in [3.05, 3.63) is 49.6 Å². The van der Waals surface area contributed by atoms with E-state index in [1.807, 2.05) is 0 Å². The number of aryl methyl sites for hydroxylation is 2. The molecule has 11 heteroatoms. The first-order valence-corrected chi connectivity index (χ1v) is 11.1. The van der Waals surface area contributed by atoms with Crippen LogP contribution in [-0.4, -0.2) is 21.2 Å². The van der Waals surface area contributed by atoms with Crippen molar-refractivity contribution in [3.63, 3.8) is 0 Å². The van der Waals surface area contributed by atoms with Gasteiger partial charge in [-0.25, -0.2) is 4.98 Å². The van der Waals surface area contributed by atoms with Gasteiger partial charge in [-0.2, -0.15) is 13.2 Å². The molecule has 5 nitrogen and oxygen atoms in total. The lowest BCUT2D eigenvalue weighted by Crippen LogP contribution is -2.21. The number of halogens is 4. The van der Waals surface area contributed by atoms with Crippen LogP contribution in [0.2, 0.25) is 5.02 Å². The molecule has 0 aliphatic heterocycles. The summed E-state index contributed by atoms with van der Waals surface area (Å²) in [5.74, 6) is -0.626. The van der Waals surface area contributed by atoms with Gasteiger partial charge in [0.05, 0.1) is 21.7 Å². The molecule has 1 aromatic carbocycles. The molecule has 3 aromatic rings. The first kappa shape index (κ1) is 21.2. The van der Waals surface area contributed by atoms with E-state index in [4.69, 9.17) is 11.6 Å². The highest BCUT2D eigenvalue weighted by molar-refractivity contribution is 7.99. The number of alkyl halides is 3. The number of anilines is 1. The standard InChI is InChI=1S/C19H15ClF3N3O2S2/c1-26-17(28)15-10-3-2-4-13(10)30-16(15)25-18(26)29-8-14(27)24-9-5-6-12(20)11(7-9)19(21,22)23/h5-7H,2-4,8H2,1H3,(H,24,27). The molecule has 4 rings (SSSR count). The molecule has 0 fully saturated rings. The van der Waals surface area contributed by atoms with Crippen LogP contribution in [0.1, 0.15) is 22.4 Å². The van der Waals surface area contributed by atoms with Gasteiger partial charge in [0.2, 0.25) is 5.91 Å². The number of fused-ring (bicyclic) bond motifs is 3. The summed E-state index contributed by atoms with van der Waals surface area (Å²) < 4.78 is 40.3. The largest absolute Gasteiger partial charge is 0.417 e. The minimum Gasteiger partial charge on any atom is -0.325 e. The van der Waals surface area contributed by atoms with E-state index in [1.54, 1.807) is 7.05 Å². The van der Waals surface area contributed by atoms with E-state index in [-0.39, 0.29) is 17.0 Å². The fraction of sp³-hybridized carbons (Fsp3) is 0.316. The van der Waals surface area contributed by atoms with E-state index < -0.39 is 22.7 Å². The van der Waals surface area contributed by atoms with E-state index in [9.17, 15) is 22.8 Å². The molecule has 1 aliphatic carbocycles. The Hall–Kier alpha value is -2.04. The number of hydrogen-bond acceptors (Lipinski definition) is 5. The Morgan fingerprint density at radius 3 is 2.87 bits per heavy atom. The average molecular weight is 474 g/mol. The molecule has 1 aliphatic rings. The van der Waals surface area contributed by atoms with E-state index in [2.05, 4.69) is 10.3 Å². The number of thioether (sulfide) groups is 1. The highest BCUT2D eigenvalue weighted by Gasteiger charge is 2.33. The number of nitrogens with one attached hydrogen (secondary N) is 1. The van der Waals surface area contributed by atoms with E-state index >= 15 is 0 Å². The Labute approximate surface area is 182 Å². The number of hydrogen-bond donors (Lipinski definition) is 1. The third kappa shape index (κ3) is 3.95. The number of thiophene rings is 1. The number of aromatic nitrogens is 2. The minimum absolute atomic E-state index is 0.00990. The van der Waals surface area contributed by atoms with Crippen LogP contribution in [0.5, 0.6) is 0 Å². The summed E-state index contributed by atoms with van der Waals surface area (Å²) in [4.78, 5) is 31.4. The van der Waals surface area contributed by atoms with Crippen molar-refractivity contribution in [2.45, 2.75) is 30.6 Å². The van der Waals surface area contributed by atoms with Crippen LogP contribution >= 0.6 is 34.7 Å². The van der Waals surface area contributed by atoms with Crippen molar-refractivity contribution in [2.24, 2.45) is 7.05 Å². The summed E-state index contributed by atoms with van der Waals surface area (Å²) in [6.07, 6.45) is -1.75. The number of carbonyl (C=O) groups excluding carboxylic acids is 1. The van der Waals surface area contributed by atoms with Crippen molar-refractivity contribution >= 4 is 56.5 Å². The second-order valence-electron chi connectivity index (χ2n) is 6.83. The average Bonchev–Trinajstić information content (AvgIpc) is 3.25. The molecule has 0 unspecified atom stereocenters. The number of amides is 1. The van der Waals surface area contributed by atoms with Gasteiger partial charge in [-0.05, 0) is 43.0 Å². The van der Waals surface area contributed by atoms with Crippen LogP contribution in [-0.2, 0) is 30.9 Å². The highest BCUT2D eigenvalue weighted by Crippen LogP contribution is 2.37. The molecular formula is C19H15ClF3N3O2S2. The SMILES string of the molecule is Cn1c(SCC(=O)Nc2ccc(Cl)c(C(F)(F)F)c2)nc2sc3c(c2c1=O)CCC3. The summed E-state index contributed by atoms with van der Waals surface area (Å²) in [5.41, 5.74) is -0.0883. The predicted octanol–water partition coefficient (Wildman–Crippen LogP) is 4.89. The summed E-state index contributed by atoms with van der Waals surface area (Å²) in [6, 6.07) is 3.17. The van der Waals surface area contributed by atoms with Crippen LogP contribution in [0.25, 0.3) is 10.2 Å². The van der Waals surface area contributed by atoms with E-state index in [0.717, 1.165) is 48.7 Å². The summed E-state index contributed by atoms with van der Waals surface area (Å²) >= 11 is 8.15. The molecule has 1 N–H and O–H groups in total. The van der Waals surface area contributed by atoms with Crippen LogP contribution in [0, 0.1) is 0 Å². The molecule has 0 saturated heterocycles. The molecule has 158 valence electrons. The Morgan fingerprint density at radius 1 is 1.37 bits per heavy atom. The smallest absolute Gasteiger partial charge is 0.325 e. The number of nitrogens with zero attached hydrogens (tertiary/aromatic N) is 2. The van der Waals surface area contributed by atoms with Gasteiger partial charge in [0, 0.05) is 17.6 Å². The minimum atomic E-state index is -4.62. The van der Waals surface area contributed by atoms with Crippen LogP contribution in [0.15, 0.2) is 28.2 Å². The molecule has 0 saturated carbocycles. The van der Waals surface area contributed by atoms with Gasteiger partial charge in [-0.3, -0.25) is 14.2 Å². The maximum absolute atomic E-state index is 13.0. The topological polar surface area (TPSA) is 64.0 Å². The Kier molecular flexibility index (Phi) is 5.58. The van der Waals surface area contributed by atoms with E-state index in [1.165, 1.54) is 26.8 Å². The lowest BCUT2D eigenvalue weighted by molar-refractivity contribution is -0.137. The lowest BCUT2D eigenvalue weighted by atomic mass is 10.2. The predicted molar refractivity (Wildman–Crippen MR) is 113 cm³/mol. The number of benzene rings is 1. The Bertz CT molecular complexity index is 1220. The van der Waals surface area contributed by atoms with Gasteiger partial charge in [0.1, 0.15) is 4.83 Å². The highest BCUT2D eigenvalue weighted by atomic mass is 35.5. The maximum atomic E-state index is 13.0. The molecular weight excluding hydrogens is 459 g/mol. The van der Waals surface area contributed by atoms with Gasteiger partial charge in [0.15, 0.2) is 5.16 Å². The van der Waals surface area contributed by atoms with Crippen molar-refractivity contribution < 1.29 is 18.0 Å². The quantitative estimate of drug-likeness (QED) is 0.433. The third-order valence-corrected chi connectivity index (χ3v) is 7.34. The first-order valence-electron chi connectivity index (χ1n) is 8.96. The lowest BCUT2D eigenvalue weighted by Gasteiger charge is -2.12. The van der Waals surface area contributed by atoms with Gasteiger partial charge in [-0.1, -0.05) is 23.4 Å². The zero-order valence-corrected chi connectivity index (χ0v) is 18.0. The summed E-state index contributed by atoms with van der Waals surface area (Å²) in [6.45, 7) is 0. The first-order chi connectivity index (χ1) is 14.1. The van der Waals surface area contributed by atoms with Crippen LogP contribution < -0.4 is 10.9 Å². The molecule has 0 radical (unpaired) electrons. The molecule has 1 amide bonds. The second-order valence-corrected chi connectivity index (χ2v) is 9.26. The van der Waals surface area contributed by atoms with Gasteiger partial charge >= 0.3 is 6.18 Å². The third-order valence-electron chi connectivity index (χ3n) is 4.79. The van der Waals surface area contributed by atoms with Gasteiger partial charge in [0.25, 0.3) is 5.56 Å². The van der Waals surface area contributed by atoms with Crippen molar-refractivity contribution in [1.29, 1.82) is 0 Å². The molecule has 2 heterocycles. The van der Waals surface area contributed by atoms with Crippen molar-refractivity contribution in [2.75, 3.05) is 11.1 Å². The molecule has 2 aromatic heterocycles. The Balaban J connectivity index is 1.50. The Morgan fingerprint density at radius 2 is 2.13 bits per heavy atom. The molecule has 0 bridgehead atoms. The molecule has 0 spiro atoms. The molecule has 30 heavy (non-hydrogen) atoms. The van der Waals surface area contributed by atoms with Crippen molar-refractivity contribution in [3.8, 4) is 0 Å². The maximum Gasteiger partial charge on any atom is 0.417 e. The summed E-state index contributed by atoms with van der Waals surface area (Å²) in [7, 11) is 1.60. The summed E-state index contributed by atoms with van der Waals surface area (Å²) in [5, 5.41) is 3.03. The zero-order chi connectivity index (χ0) is 21.6. The number of carbonyl (C=O) groups is 1. The fourth-order valence-corrected chi connectivity index (χ4v) is 5.68. The fourth-order valence-electron chi connectivity index (χ4n) is 3.38. The van der Waals surface area contributed by atoms with Gasteiger partial charge < -0.3 is 5.32 Å². The van der Waals surface area contributed by atoms with Crippen molar-refractivity contribution in [1.82, 2.24) is 9.55 Å².